The van der Waals surface area contributed by atoms with Gasteiger partial charge in [0.05, 0.1) is 0 Å². The Balaban J connectivity index is -0.0000000262. The van der Waals surface area contributed by atoms with Crippen molar-refractivity contribution < 1.29 is 5.11 Å². The van der Waals surface area contributed by atoms with E-state index in [1.54, 1.807) is 0 Å². The van der Waals surface area contributed by atoms with Crippen LogP contribution in [0.4, 0.5) is 0 Å². The fraction of sp³-hybridized carbons (Fsp3) is 0.333. The van der Waals surface area contributed by atoms with Gasteiger partial charge >= 0.3 is 0 Å². The summed E-state index contributed by atoms with van der Waals surface area (Å²) in [7, 11) is 0. The van der Waals surface area contributed by atoms with Crippen LogP contribution < -0.4 is 0 Å². The largest absolute Gasteiger partial charge is 0.396 e. The highest BCUT2D eigenvalue weighted by Gasteiger charge is 1.57. The molecular formula is C9H20O. The van der Waals surface area contributed by atoms with Gasteiger partial charge in [-0.1, -0.05) is 6.92 Å². The monoisotopic (exact) mass is 144 g/mol. The quantitative estimate of drug-likeness (QED) is 0.561. The summed E-state index contributed by atoms with van der Waals surface area (Å²) in [5, 5.41) is 7.88. The maximum atomic E-state index is 7.88. The zero-order valence-electron chi connectivity index (χ0n) is 7.10. The van der Waals surface area contributed by atoms with Crippen molar-refractivity contribution in [3.63, 3.8) is 0 Å². The van der Waals surface area contributed by atoms with E-state index in [2.05, 4.69) is 39.5 Å². The third kappa shape index (κ3) is 8460. The Morgan fingerprint density at radius 1 is 0.900 bits per heavy atom. The summed E-state index contributed by atoms with van der Waals surface area (Å²) in [4.78, 5) is 0. The van der Waals surface area contributed by atoms with Gasteiger partial charge in [-0.15, -0.1) is 39.5 Å². The van der Waals surface area contributed by atoms with Gasteiger partial charge in [-0.3, -0.25) is 0 Å². The molecule has 0 unspecified atom stereocenters. The normalized spacial score (nSPS) is 4.20. The van der Waals surface area contributed by atoms with Crippen LogP contribution in [0.15, 0.2) is 39.5 Å². The minimum Gasteiger partial charge on any atom is -0.396 e. The zero-order valence-corrected chi connectivity index (χ0v) is 7.10. The molecule has 0 aromatic heterocycles. The van der Waals surface area contributed by atoms with Crippen molar-refractivity contribution in [3.8, 4) is 0 Å². The van der Waals surface area contributed by atoms with E-state index in [1.165, 1.54) is 0 Å². The molecule has 0 aromatic rings. The summed E-state index contributed by atoms with van der Waals surface area (Å²) in [6.07, 6.45) is 0.875. The summed E-state index contributed by atoms with van der Waals surface area (Å²) >= 11 is 0. The second-order valence-electron chi connectivity index (χ2n) is 0.724. The fourth-order valence-corrected chi connectivity index (χ4v) is 0. The molecule has 0 heterocycles. The highest BCUT2D eigenvalue weighted by molar-refractivity contribution is 4.22. The lowest BCUT2D eigenvalue weighted by molar-refractivity contribution is 0.295. The van der Waals surface area contributed by atoms with Gasteiger partial charge in [0.25, 0.3) is 0 Å². The third-order valence-electron chi connectivity index (χ3n) is 0.224. The molecule has 0 aliphatic carbocycles. The van der Waals surface area contributed by atoms with Crippen molar-refractivity contribution in [2.45, 2.75) is 13.3 Å². The lowest BCUT2D eigenvalue weighted by Gasteiger charge is -1.69. The second-order valence-corrected chi connectivity index (χ2v) is 0.724. The van der Waals surface area contributed by atoms with Crippen LogP contribution in [-0.2, 0) is 0 Å². The highest BCUT2D eigenvalue weighted by atomic mass is 16.2. The summed E-state index contributed by atoms with van der Waals surface area (Å²) in [6.45, 7) is 20.2. The Morgan fingerprint density at radius 3 is 1.00 bits per heavy atom. The fourth-order valence-electron chi connectivity index (χ4n) is 0. The van der Waals surface area contributed by atoms with E-state index in [0.717, 1.165) is 6.42 Å². The van der Waals surface area contributed by atoms with Gasteiger partial charge in [-0.25, -0.2) is 0 Å². The Morgan fingerprint density at radius 2 is 1.00 bits per heavy atom. The van der Waals surface area contributed by atoms with Gasteiger partial charge < -0.3 is 5.11 Å². The van der Waals surface area contributed by atoms with Crippen LogP contribution in [-0.4, -0.2) is 11.7 Å². The minimum absolute atomic E-state index is 0.319. The number of rotatable bonds is 1. The van der Waals surface area contributed by atoms with E-state index in [0.29, 0.717) is 6.61 Å². The first-order valence-electron chi connectivity index (χ1n) is 3.02. The minimum atomic E-state index is 0.319. The Hall–Kier alpha value is -0.820. The number of aliphatic hydroxyl groups is 1. The molecule has 10 heavy (non-hydrogen) atoms. The Kier molecular flexibility index (Phi) is 693. The molecule has 62 valence electrons. The molecule has 0 aliphatic heterocycles. The predicted molar refractivity (Wildman–Crippen MR) is 51.1 cm³/mol. The van der Waals surface area contributed by atoms with Crippen molar-refractivity contribution in [1.82, 2.24) is 0 Å². The van der Waals surface area contributed by atoms with Crippen molar-refractivity contribution in [2.75, 3.05) is 6.61 Å². The van der Waals surface area contributed by atoms with Gasteiger partial charge in [-0.05, 0) is 6.42 Å². The van der Waals surface area contributed by atoms with Crippen LogP contribution in [0.25, 0.3) is 0 Å². The van der Waals surface area contributed by atoms with Crippen molar-refractivity contribution in [2.24, 2.45) is 0 Å². The average molecular weight is 144 g/mol. The van der Waals surface area contributed by atoms with Crippen LogP contribution in [0, 0.1) is 0 Å². The topological polar surface area (TPSA) is 20.2 Å². The van der Waals surface area contributed by atoms with Gasteiger partial charge in [0.1, 0.15) is 0 Å². The molecule has 0 amide bonds. The summed E-state index contributed by atoms with van der Waals surface area (Å²) < 4.78 is 0. The first-order chi connectivity index (χ1) is 4.91. The predicted octanol–water partition coefficient (Wildman–Crippen LogP) is 2.80. The van der Waals surface area contributed by atoms with Gasteiger partial charge in [-0.2, -0.15) is 0 Å². The van der Waals surface area contributed by atoms with Gasteiger partial charge in [0.15, 0.2) is 0 Å². The van der Waals surface area contributed by atoms with Crippen LogP contribution >= 0.6 is 0 Å². The van der Waals surface area contributed by atoms with E-state index in [-0.39, 0.29) is 0 Å². The van der Waals surface area contributed by atoms with Gasteiger partial charge in [0.2, 0.25) is 0 Å². The third-order valence-corrected chi connectivity index (χ3v) is 0.224. The average Bonchev–Trinajstić information content (AvgIpc) is 2.14. The molecule has 1 heteroatoms. The first-order valence-corrected chi connectivity index (χ1v) is 3.02. The number of hydrogen-bond donors (Lipinski definition) is 1. The molecule has 0 atom stereocenters. The lowest BCUT2D eigenvalue weighted by Crippen LogP contribution is -1.69. The summed E-state index contributed by atoms with van der Waals surface area (Å²) in [6, 6.07) is 0. The highest BCUT2D eigenvalue weighted by Crippen LogP contribution is 1.61. The number of hydrogen-bond acceptors (Lipinski definition) is 1. The SMILES string of the molecule is C=C.C=C.C=C.CCCO. The molecule has 1 N–H and O–H groups in total. The molecule has 0 fully saturated rings. The van der Waals surface area contributed by atoms with Crippen LogP contribution in [0.3, 0.4) is 0 Å². The molecule has 0 radical (unpaired) electrons. The van der Waals surface area contributed by atoms with Crippen LogP contribution in [0.5, 0.6) is 0 Å². The Labute approximate surface area is 65.4 Å². The maximum absolute atomic E-state index is 7.88. The van der Waals surface area contributed by atoms with Crippen molar-refractivity contribution in [3.05, 3.63) is 39.5 Å². The van der Waals surface area contributed by atoms with Crippen LogP contribution in [0.2, 0.25) is 0 Å². The zero-order chi connectivity index (χ0) is 9.41. The molecule has 0 spiro atoms. The van der Waals surface area contributed by atoms with E-state index in [4.69, 9.17) is 5.11 Å². The summed E-state index contributed by atoms with van der Waals surface area (Å²) in [5.74, 6) is 0. The molecule has 0 rings (SSSR count). The molecule has 0 saturated heterocycles. The van der Waals surface area contributed by atoms with Crippen molar-refractivity contribution in [1.29, 1.82) is 0 Å². The molecule has 0 bridgehead atoms. The lowest BCUT2D eigenvalue weighted by atomic mass is 10.5. The maximum Gasteiger partial charge on any atom is 0.0428 e. The Bertz CT molecular complexity index is 21.2. The molecule has 0 aliphatic rings. The summed E-state index contributed by atoms with van der Waals surface area (Å²) in [5.41, 5.74) is 0. The molecule has 0 aromatic carbocycles. The first kappa shape index (κ1) is 22.9. The second kappa shape index (κ2) is 303. The van der Waals surface area contributed by atoms with Crippen molar-refractivity contribution >= 4 is 0 Å². The molecular weight excluding hydrogens is 124 g/mol. The number of aliphatic hydroxyl groups excluding tert-OH is 1. The smallest absolute Gasteiger partial charge is 0.0428 e. The van der Waals surface area contributed by atoms with E-state index in [1.807, 2.05) is 6.92 Å². The van der Waals surface area contributed by atoms with Crippen LogP contribution in [0.1, 0.15) is 13.3 Å². The van der Waals surface area contributed by atoms with E-state index in [9.17, 15) is 0 Å². The standard InChI is InChI=1S/C3H8O.3C2H4/c1-2-3-4;3*1-2/h4H,2-3H2,1H3;3*1-2H2. The molecule has 1 nitrogen and oxygen atoms in total. The van der Waals surface area contributed by atoms with Gasteiger partial charge in [0, 0.05) is 6.61 Å². The van der Waals surface area contributed by atoms with E-state index >= 15 is 0 Å². The molecule has 0 saturated carbocycles. The van der Waals surface area contributed by atoms with E-state index < -0.39 is 0 Å².